The summed E-state index contributed by atoms with van der Waals surface area (Å²) in [6.07, 6.45) is 5.25. The Labute approximate surface area is 91.0 Å². The molecule has 2 atom stereocenters. The van der Waals surface area contributed by atoms with Crippen LogP contribution in [0.5, 0.6) is 0 Å². The minimum atomic E-state index is -0.546. The molecule has 0 aromatic carbocycles. The van der Waals surface area contributed by atoms with Crippen molar-refractivity contribution in [1.29, 1.82) is 0 Å². The quantitative estimate of drug-likeness (QED) is 0.539. The van der Waals surface area contributed by atoms with E-state index in [4.69, 9.17) is 5.69 Å². The summed E-state index contributed by atoms with van der Waals surface area (Å²) < 4.78 is 3.44. The Morgan fingerprint density at radius 1 is 1.57 bits per heavy atom. The van der Waals surface area contributed by atoms with Crippen molar-refractivity contribution in [2.75, 3.05) is 0 Å². The van der Waals surface area contributed by atoms with Crippen LogP contribution in [0, 0.1) is 5.69 Å². The molecular weight excluding hydrogens is 190 g/mol. The second kappa shape index (κ2) is 6.94. The summed E-state index contributed by atoms with van der Waals surface area (Å²) in [5.41, 5.74) is 7.08. The highest BCUT2D eigenvalue weighted by Crippen LogP contribution is 2.13. The monoisotopic (exact) mass is 213 g/mol. The lowest BCUT2D eigenvalue weighted by molar-refractivity contribution is 0.729. The average molecular weight is 213 g/mol. The molecule has 0 radical (unpaired) electrons. The van der Waals surface area contributed by atoms with Gasteiger partial charge in [0.25, 0.3) is 0 Å². The van der Waals surface area contributed by atoms with Crippen molar-refractivity contribution in [2.45, 2.75) is 45.4 Å². The molecule has 1 nitrogen and oxygen atoms in total. The van der Waals surface area contributed by atoms with Crippen LogP contribution in [0.4, 0.5) is 0 Å². The van der Waals surface area contributed by atoms with E-state index in [1.165, 1.54) is 0 Å². The van der Waals surface area contributed by atoms with E-state index in [0.717, 1.165) is 12.0 Å². The van der Waals surface area contributed by atoms with Crippen LogP contribution in [-0.4, -0.2) is 11.3 Å². The molecule has 14 heavy (non-hydrogen) atoms. The average Bonchev–Trinajstić information content (AvgIpc) is 2.11. The van der Waals surface area contributed by atoms with Crippen molar-refractivity contribution in [2.24, 2.45) is 0 Å². The van der Waals surface area contributed by atoms with Gasteiger partial charge in [0.05, 0.1) is 0 Å². The maximum absolute atomic E-state index is 6.00. The molecular formula is C12H23NS. The maximum atomic E-state index is 6.00. The van der Waals surface area contributed by atoms with Crippen molar-refractivity contribution >= 4 is 10.5 Å². The summed E-state index contributed by atoms with van der Waals surface area (Å²) >= 11 is 0. The van der Waals surface area contributed by atoms with Gasteiger partial charge < -0.3 is 0 Å². The summed E-state index contributed by atoms with van der Waals surface area (Å²) in [4.78, 5) is 0. The fraction of sp³-hybridized carbons (Fsp3) is 0.583. The fourth-order valence-corrected chi connectivity index (χ4v) is 1.84. The maximum Gasteiger partial charge on any atom is 0.0343 e. The summed E-state index contributed by atoms with van der Waals surface area (Å²) in [7, 11) is -0.546. The van der Waals surface area contributed by atoms with Crippen molar-refractivity contribution in [1.82, 2.24) is 4.72 Å². The van der Waals surface area contributed by atoms with Gasteiger partial charge in [-0.25, -0.2) is 0 Å². The normalized spacial score (nSPS) is 16.0. The summed E-state index contributed by atoms with van der Waals surface area (Å²) in [6, 6.07) is 0.380. The zero-order chi connectivity index (χ0) is 11.1. The highest BCUT2D eigenvalue weighted by Gasteiger charge is 2.02. The highest BCUT2D eigenvalue weighted by atomic mass is 32.2. The van der Waals surface area contributed by atoms with Crippen LogP contribution in [0.2, 0.25) is 0 Å². The van der Waals surface area contributed by atoms with E-state index in [1.54, 1.807) is 0 Å². The molecule has 2 unspecified atom stereocenters. The minimum Gasteiger partial charge on any atom is -0.267 e. The second-order valence-electron chi connectivity index (χ2n) is 3.85. The van der Waals surface area contributed by atoms with E-state index >= 15 is 0 Å². The van der Waals surface area contributed by atoms with Crippen molar-refractivity contribution < 1.29 is 0 Å². The van der Waals surface area contributed by atoms with Crippen LogP contribution in [0.15, 0.2) is 24.3 Å². The Balaban J connectivity index is 4.19. The zero-order valence-corrected chi connectivity index (χ0v) is 10.6. The molecule has 2 heteroatoms. The van der Waals surface area contributed by atoms with Gasteiger partial charge in [0, 0.05) is 11.3 Å². The van der Waals surface area contributed by atoms with E-state index in [0.29, 0.717) is 11.3 Å². The first-order valence-corrected chi connectivity index (χ1v) is 6.59. The first-order chi connectivity index (χ1) is 6.47. The van der Waals surface area contributed by atoms with Crippen molar-refractivity contribution in [3.63, 3.8) is 0 Å². The molecule has 0 rings (SSSR count). The van der Waals surface area contributed by atoms with Gasteiger partial charge in [0.2, 0.25) is 0 Å². The molecule has 0 aliphatic carbocycles. The van der Waals surface area contributed by atoms with E-state index in [2.05, 4.69) is 38.1 Å². The van der Waals surface area contributed by atoms with Gasteiger partial charge in [-0.05, 0) is 13.3 Å². The largest absolute Gasteiger partial charge is 0.267 e. The third-order valence-electron chi connectivity index (χ3n) is 1.92. The van der Waals surface area contributed by atoms with Crippen LogP contribution in [0.3, 0.4) is 0 Å². The lowest BCUT2D eigenvalue weighted by Gasteiger charge is -2.18. The molecule has 0 spiro atoms. The summed E-state index contributed by atoms with van der Waals surface area (Å²) in [5, 5.41) is 0.525. The fourth-order valence-electron chi connectivity index (χ4n) is 0.891. The van der Waals surface area contributed by atoms with E-state index in [1.807, 2.05) is 13.0 Å². The topological polar surface area (TPSA) is 12.0 Å². The molecule has 0 aliphatic rings. The van der Waals surface area contributed by atoms with Gasteiger partial charge in [-0.1, -0.05) is 45.1 Å². The van der Waals surface area contributed by atoms with Gasteiger partial charge >= 0.3 is 0 Å². The van der Waals surface area contributed by atoms with Crippen LogP contribution < -0.4 is 4.72 Å². The molecule has 0 aliphatic heterocycles. The Kier molecular flexibility index (Phi) is 6.73. The SMILES string of the molecule is C#[SH](NC(/C=C\C(=C)C)CC)C(C)C. The van der Waals surface area contributed by atoms with Gasteiger partial charge in [-0.3, -0.25) is 4.72 Å². The van der Waals surface area contributed by atoms with Crippen LogP contribution in [0.25, 0.3) is 0 Å². The zero-order valence-electron chi connectivity index (χ0n) is 9.75. The predicted molar refractivity (Wildman–Crippen MR) is 70.2 cm³/mol. The number of allylic oxidation sites excluding steroid dienone is 2. The molecule has 0 heterocycles. The molecule has 0 saturated carbocycles. The molecule has 0 aromatic rings. The summed E-state index contributed by atoms with van der Waals surface area (Å²) in [6.45, 7) is 12.3. The third kappa shape index (κ3) is 6.09. The second-order valence-corrected chi connectivity index (χ2v) is 5.96. The van der Waals surface area contributed by atoms with Gasteiger partial charge in [0.15, 0.2) is 0 Å². The van der Waals surface area contributed by atoms with E-state index in [-0.39, 0.29) is 0 Å². The number of thiol groups is 1. The smallest absolute Gasteiger partial charge is 0.0343 e. The molecule has 0 aromatic heterocycles. The number of hydrogen-bond acceptors (Lipinski definition) is 1. The lowest BCUT2D eigenvalue weighted by atomic mass is 10.2. The molecule has 0 fully saturated rings. The van der Waals surface area contributed by atoms with E-state index in [9.17, 15) is 0 Å². The first kappa shape index (κ1) is 13.6. The lowest BCUT2D eigenvalue weighted by Crippen LogP contribution is -2.22. The predicted octanol–water partition coefficient (Wildman–Crippen LogP) is 3.40. The number of hydrogen-bond donors (Lipinski definition) is 2. The van der Waals surface area contributed by atoms with Crippen LogP contribution in [-0.2, 0) is 0 Å². The van der Waals surface area contributed by atoms with Crippen molar-refractivity contribution in [3.05, 3.63) is 24.3 Å². The van der Waals surface area contributed by atoms with Crippen LogP contribution in [0.1, 0.15) is 34.1 Å². The van der Waals surface area contributed by atoms with Gasteiger partial charge in [-0.15, -0.1) is 16.2 Å². The number of nitrogens with one attached hydrogen (secondary N) is 1. The molecule has 0 saturated heterocycles. The number of rotatable bonds is 4. The third-order valence-corrected chi connectivity index (χ3v) is 3.67. The summed E-state index contributed by atoms with van der Waals surface area (Å²) in [5.74, 6) is 0. The minimum absolute atomic E-state index is 0.380. The molecule has 0 bridgehead atoms. The first-order valence-electron chi connectivity index (χ1n) is 5.11. The Hall–Kier alpha value is -0.430. The van der Waals surface area contributed by atoms with Gasteiger partial charge in [-0.2, -0.15) is 0 Å². The standard InChI is InChI=1S/C12H23NS/c1-7-12(9-8-10(2)3)13-14(6)11(4)5/h6,8-9,11-14H,2,7H2,1,3-5H3/b9-8-. The van der Waals surface area contributed by atoms with Crippen LogP contribution >= 0.6 is 10.5 Å². The Morgan fingerprint density at radius 3 is 2.50 bits per heavy atom. The van der Waals surface area contributed by atoms with Gasteiger partial charge in [0.1, 0.15) is 0 Å². The van der Waals surface area contributed by atoms with E-state index < -0.39 is 10.5 Å². The molecule has 1 N–H and O–H groups in total. The molecule has 82 valence electrons. The Morgan fingerprint density at radius 2 is 2.14 bits per heavy atom. The highest BCUT2D eigenvalue weighted by molar-refractivity contribution is 8.05. The van der Waals surface area contributed by atoms with Crippen molar-refractivity contribution in [3.8, 4) is 5.69 Å². The Bertz CT molecular complexity index is 268. The molecule has 0 amide bonds.